The summed E-state index contributed by atoms with van der Waals surface area (Å²) in [5.41, 5.74) is 15.7. The van der Waals surface area contributed by atoms with Gasteiger partial charge in [-0.25, -0.2) is 9.98 Å². The molecule has 0 radical (unpaired) electrons. The molecule has 6 heteroatoms. The first-order valence-corrected chi connectivity index (χ1v) is 23.9. The Bertz CT molecular complexity index is 4080. The first-order chi connectivity index (χ1) is 34.1. The van der Waals surface area contributed by atoms with Crippen molar-refractivity contribution in [3.63, 3.8) is 0 Å². The van der Waals surface area contributed by atoms with E-state index in [1.165, 1.54) is 38.5 Å². The van der Waals surface area contributed by atoms with Gasteiger partial charge in [0.05, 0.1) is 11.0 Å². The smallest absolute Gasteiger partial charge is 0.159 e. The Kier molecular flexibility index (Phi) is 9.12. The van der Waals surface area contributed by atoms with E-state index < -0.39 is 0 Å². The summed E-state index contributed by atoms with van der Waals surface area (Å²) in [6, 6.07) is 60.9. The number of hydrogen-bond acceptors (Lipinski definition) is 5. The minimum atomic E-state index is -0.255. The molecule has 4 heterocycles. The maximum absolute atomic E-state index is 6.80. The lowest BCUT2D eigenvalue weighted by atomic mass is 9.92. The molecule has 0 fully saturated rings. The van der Waals surface area contributed by atoms with E-state index in [1.807, 2.05) is 18.2 Å². The normalized spacial score (nSPS) is 17.0. The van der Waals surface area contributed by atoms with Crippen LogP contribution in [0.1, 0.15) is 48.0 Å². The average molecular weight is 889 g/mol. The zero-order valence-electron chi connectivity index (χ0n) is 37.6. The highest BCUT2D eigenvalue weighted by Crippen LogP contribution is 2.41. The predicted octanol–water partition coefficient (Wildman–Crippen LogP) is 16.2. The van der Waals surface area contributed by atoms with Crippen molar-refractivity contribution >= 4 is 77.4 Å². The molecule has 14 rings (SSSR count). The van der Waals surface area contributed by atoms with Crippen molar-refractivity contribution in [2.75, 3.05) is 0 Å². The summed E-state index contributed by atoms with van der Waals surface area (Å²) >= 11 is 0. The second kappa shape index (κ2) is 16.0. The number of benzene rings is 8. The van der Waals surface area contributed by atoms with Crippen molar-refractivity contribution in [3.05, 3.63) is 235 Å². The van der Waals surface area contributed by atoms with Crippen LogP contribution < -0.4 is 5.32 Å². The number of allylic oxidation sites excluding steroid dienone is 6. The third kappa shape index (κ3) is 6.78. The fourth-order valence-electron chi connectivity index (χ4n) is 10.7. The lowest BCUT2D eigenvalue weighted by Gasteiger charge is -2.24. The highest BCUT2D eigenvalue weighted by Gasteiger charge is 2.23. The van der Waals surface area contributed by atoms with E-state index in [4.69, 9.17) is 18.8 Å². The largest absolute Gasteiger partial charge is 0.456 e. The molecule has 3 aromatic heterocycles. The van der Waals surface area contributed by atoms with E-state index in [0.29, 0.717) is 11.8 Å². The number of fused-ring (bicyclic) bond motifs is 9. The van der Waals surface area contributed by atoms with E-state index in [-0.39, 0.29) is 6.17 Å². The Morgan fingerprint density at radius 3 is 1.96 bits per heavy atom. The quantitative estimate of drug-likeness (QED) is 0.173. The van der Waals surface area contributed by atoms with Crippen molar-refractivity contribution in [1.82, 2.24) is 9.88 Å². The second-order valence-electron chi connectivity index (χ2n) is 18.4. The second-order valence-corrected chi connectivity index (χ2v) is 18.4. The topological polar surface area (TPSA) is 68.0 Å². The van der Waals surface area contributed by atoms with Crippen LogP contribution >= 0.6 is 0 Å². The van der Waals surface area contributed by atoms with Crippen LogP contribution in [0.3, 0.4) is 0 Å². The van der Waals surface area contributed by atoms with Crippen molar-refractivity contribution in [2.24, 2.45) is 9.98 Å². The Morgan fingerprint density at radius 2 is 1.16 bits per heavy atom. The Morgan fingerprint density at radius 1 is 0.493 bits per heavy atom. The number of nitrogens with one attached hydrogen (secondary N) is 1. The molecule has 1 aliphatic heterocycles. The zero-order valence-corrected chi connectivity index (χ0v) is 37.6. The van der Waals surface area contributed by atoms with Crippen LogP contribution in [0.15, 0.2) is 237 Å². The summed E-state index contributed by atoms with van der Waals surface area (Å²) in [5.74, 6) is 1.86. The first-order valence-electron chi connectivity index (χ1n) is 23.9. The number of furan rings is 2. The van der Waals surface area contributed by atoms with E-state index in [1.54, 1.807) is 0 Å². The molecule has 1 N–H and O–H groups in total. The van der Waals surface area contributed by atoms with Gasteiger partial charge in [-0.15, -0.1) is 0 Å². The summed E-state index contributed by atoms with van der Waals surface area (Å²) in [6.07, 6.45) is 18.3. The number of hydrogen-bond donors (Lipinski definition) is 1. The van der Waals surface area contributed by atoms with E-state index in [9.17, 15) is 0 Å². The van der Waals surface area contributed by atoms with Gasteiger partial charge < -0.3 is 18.7 Å². The molecule has 0 amide bonds. The van der Waals surface area contributed by atoms with Crippen LogP contribution in [0.5, 0.6) is 0 Å². The van der Waals surface area contributed by atoms with Gasteiger partial charge in [0.2, 0.25) is 0 Å². The predicted molar refractivity (Wildman–Crippen MR) is 285 cm³/mol. The highest BCUT2D eigenvalue weighted by molar-refractivity contribution is 6.16. The third-order valence-corrected chi connectivity index (χ3v) is 14.2. The molecule has 0 saturated heterocycles. The van der Waals surface area contributed by atoms with E-state index in [2.05, 4.69) is 204 Å². The molecule has 8 aromatic carbocycles. The summed E-state index contributed by atoms with van der Waals surface area (Å²) < 4.78 is 15.8. The van der Waals surface area contributed by atoms with Crippen LogP contribution in [-0.4, -0.2) is 16.2 Å². The summed E-state index contributed by atoms with van der Waals surface area (Å²) in [6.45, 7) is 0. The zero-order chi connectivity index (χ0) is 45.4. The fraction of sp³-hybridized carbons (Fsp3) is 0.0794. The Balaban J connectivity index is 0.830. The minimum Gasteiger partial charge on any atom is -0.456 e. The molecule has 3 aliphatic rings. The minimum absolute atomic E-state index is 0.255. The molecule has 2 aliphatic carbocycles. The van der Waals surface area contributed by atoms with Crippen LogP contribution in [0.4, 0.5) is 0 Å². The maximum Gasteiger partial charge on any atom is 0.159 e. The summed E-state index contributed by atoms with van der Waals surface area (Å²) in [4.78, 5) is 10.2. The number of rotatable bonds is 7. The molecular formula is C63H44N4O2. The molecule has 328 valence electrons. The van der Waals surface area contributed by atoms with E-state index >= 15 is 0 Å². The van der Waals surface area contributed by atoms with Crippen LogP contribution in [-0.2, 0) is 0 Å². The lowest BCUT2D eigenvalue weighted by Crippen LogP contribution is -2.34. The molecule has 6 nitrogen and oxygen atoms in total. The Labute approximate surface area is 398 Å². The fourth-order valence-corrected chi connectivity index (χ4v) is 10.7. The standard InChI is InChI=1S/C63H44N4O2/c1-5-13-39(14-6-1)44-21-27-49-50-28-22-45(40-15-7-2-8-16-40)35-56(50)67(55(49)34-44)48-26-31-52-51-29-23-46(36-58(51)69-60(52)38-48)43-25-32-57-54(33-43)53-30-24-47(37-59(53)68-57)63-65-61(41-17-9-3-10-18-41)64-62(66-63)42-19-11-4-12-20-42/h1-3,5-11,13-15,17-38,40,61H,4,12,16H2,(H,64,65,66). The van der Waals surface area contributed by atoms with E-state index in [0.717, 1.165) is 102 Å². The van der Waals surface area contributed by atoms with Crippen molar-refractivity contribution in [3.8, 4) is 27.9 Å². The maximum atomic E-state index is 6.80. The molecule has 11 aromatic rings. The van der Waals surface area contributed by atoms with Gasteiger partial charge >= 0.3 is 0 Å². The molecule has 2 unspecified atom stereocenters. The number of aliphatic imine (C=N–C) groups is 2. The Hall–Kier alpha value is -8.74. The summed E-state index contributed by atoms with van der Waals surface area (Å²) in [5, 5.41) is 10.3. The number of aromatic nitrogens is 1. The first kappa shape index (κ1) is 39.4. The number of amidine groups is 2. The van der Waals surface area contributed by atoms with Crippen molar-refractivity contribution < 1.29 is 8.83 Å². The highest BCUT2D eigenvalue weighted by atomic mass is 16.3. The van der Waals surface area contributed by atoms with Gasteiger partial charge in [-0.05, 0) is 113 Å². The molecule has 0 spiro atoms. The number of nitrogens with zero attached hydrogens (tertiary/aromatic N) is 3. The van der Waals surface area contributed by atoms with Gasteiger partial charge in [0.25, 0.3) is 0 Å². The molecule has 2 atom stereocenters. The van der Waals surface area contributed by atoms with Crippen LogP contribution in [0.25, 0.3) is 93.6 Å². The molecular weight excluding hydrogens is 845 g/mol. The van der Waals surface area contributed by atoms with Gasteiger partial charge in [0.1, 0.15) is 34.3 Å². The van der Waals surface area contributed by atoms with Crippen molar-refractivity contribution in [1.29, 1.82) is 0 Å². The van der Waals surface area contributed by atoms with Gasteiger partial charge in [-0.3, -0.25) is 0 Å². The van der Waals surface area contributed by atoms with Gasteiger partial charge in [-0.2, -0.15) is 0 Å². The molecule has 0 bridgehead atoms. The third-order valence-electron chi connectivity index (χ3n) is 14.2. The van der Waals surface area contributed by atoms with Crippen molar-refractivity contribution in [2.45, 2.75) is 31.3 Å². The molecule has 0 saturated carbocycles. The van der Waals surface area contributed by atoms with Gasteiger partial charge in [0, 0.05) is 61.1 Å². The SMILES string of the molecule is C1=CCC(c2ccc3c4ccc(-c5ccccc5)cc4n(-c4ccc5c(c4)oc4cc(-c6ccc7oc8cc(C9=NC(c%10ccccc%10)NC(C%10=CCCC=C%10)=N9)ccc8c7c6)ccc45)c3c2)C=C1. The van der Waals surface area contributed by atoms with Crippen LogP contribution in [0.2, 0.25) is 0 Å². The van der Waals surface area contributed by atoms with Crippen LogP contribution in [0, 0.1) is 0 Å². The lowest BCUT2D eigenvalue weighted by molar-refractivity contribution is 0.667. The average Bonchev–Trinajstić information content (AvgIpc) is 4.09. The van der Waals surface area contributed by atoms with Gasteiger partial charge in [-0.1, -0.05) is 146 Å². The monoisotopic (exact) mass is 888 g/mol. The summed E-state index contributed by atoms with van der Waals surface area (Å²) in [7, 11) is 0. The van der Waals surface area contributed by atoms with Gasteiger partial charge in [0.15, 0.2) is 5.84 Å². The molecule has 69 heavy (non-hydrogen) atoms.